The first-order valence-electron chi connectivity index (χ1n) is 7.02. The smallest absolute Gasteiger partial charge is 0.406 e. The maximum atomic E-state index is 12.1. The molecule has 1 aromatic carbocycles. The molecule has 1 aromatic rings. The number of halogens is 3. The summed E-state index contributed by atoms with van der Waals surface area (Å²) in [7, 11) is 0. The van der Waals surface area contributed by atoms with Crippen molar-refractivity contribution in [2.45, 2.75) is 19.4 Å². The van der Waals surface area contributed by atoms with E-state index in [0.717, 1.165) is 12.1 Å². The van der Waals surface area contributed by atoms with Gasteiger partial charge in [0.1, 0.15) is 5.75 Å². The van der Waals surface area contributed by atoms with Gasteiger partial charge in [0, 0.05) is 13.1 Å². The van der Waals surface area contributed by atoms with Gasteiger partial charge in [-0.1, -0.05) is 18.2 Å². The molecule has 0 bridgehead atoms. The van der Waals surface area contributed by atoms with E-state index in [0.29, 0.717) is 24.6 Å². The van der Waals surface area contributed by atoms with Crippen LogP contribution in [0.1, 0.15) is 18.6 Å². The number of guanidine groups is 1. The first-order valence-corrected chi connectivity index (χ1v) is 7.02. The van der Waals surface area contributed by atoms with Crippen molar-refractivity contribution in [2.75, 3.05) is 19.6 Å². The maximum absolute atomic E-state index is 12.1. The van der Waals surface area contributed by atoms with Gasteiger partial charge in [0.2, 0.25) is 0 Å². The third-order valence-corrected chi connectivity index (χ3v) is 2.68. The number of ether oxygens (including phenoxy) is 1. The highest BCUT2D eigenvalue weighted by atomic mass is 19.4. The van der Waals surface area contributed by atoms with Gasteiger partial charge in [0.05, 0.1) is 12.6 Å². The van der Waals surface area contributed by atoms with Crippen LogP contribution in [0.5, 0.6) is 5.75 Å². The predicted octanol–water partition coefficient (Wildman–Crippen LogP) is 2.36. The van der Waals surface area contributed by atoms with Crippen molar-refractivity contribution in [3.63, 3.8) is 0 Å². The highest BCUT2D eigenvalue weighted by Crippen LogP contribution is 2.24. The number of hydrogen-bond donors (Lipinski definition) is 3. The van der Waals surface area contributed by atoms with Crippen LogP contribution in [0.2, 0.25) is 0 Å². The average Bonchev–Trinajstić information content (AvgIpc) is 2.49. The number of aliphatic imine (C=N–C) groups is 1. The SMILES string of the molecule is C=CCNC(=NCC(O)c1ccc(OC(F)(F)F)cc1)NCC. The average molecular weight is 331 g/mol. The highest BCUT2D eigenvalue weighted by molar-refractivity contribution is 5.79. The monoisotopic (exact) mass is 331 g/mol. The Hall–Kier alpha value is -2.22. The normalized spacial score (nSPS) is 13.3. The van der Waals surface area contributed by atoms with Crippen LogP contribution in [0, 0.1) is 0 Å². The molecular weight excluding hydrogens is 311 g/mol. The Morgan fingerprint density at radius 3 is 2.52 bits per heavy atom. The first-order chi connectivity index (χ1) is 10.9. The second-order valence-electron chi connectivity index (χ2n) is 4.52. The topological polar surface area (TPSA) is 65.9 Å². The van der Waals surface area contributed by atoms with Crippen LogP contribution >= 0.6 is 0 Å². The Labute approximate surface area is 132 Å². The minimum absolute atomic E-state index is 0.0615. The minimum atomic E-state index is -4.73. The van der Waals surface area contributed by atoms with Gasteiger partial charge in [-0.15, -0.1) is 19.8 Å². The van der Waals surface area contributed by atoms with E-state index in [-0.39, 0.29) is 12.3 Å². The summed E-state index contributed by atoms with van der Waals surface area (Å²) in [5, 5.41) is 16.0. The molecule has 0 fully saturated rings. The summed E-state index contributed by atoms with van der Waals surface area (Å²) in [5.74, 6) is 0.182. The number of aliphatic hydroxyl groups is 1. The molecule has 8 heteroatoms. The van der Waals surface area contributed by atoms with Crippen molar-refractivity contribution in [3.05, 3.63) is 42.5 Å². The van der Waals surface area contributed by atoms with Crippen LogP contribution in [-0.2, 0) is 0 Å². The molecule has 0 aliphatic rings. The van der Waals surface area contributed by atoms with Gasteiger partial charge in [0.15, 0.2) is 5.96 Å². The second kappa shape index (κ2) is 9.04. The van der Waals surface area contributed by atoms with Gasteiger partial charge >= 0.3 is 6.36 Å². The molecule has 0 aromatic heterocycles. The molecule has 1 atom stereocenters. The third kappa shape index (κ3) is 7.55. The Morgan fingerprint density at radius 1 is 1.35 bits per heavy atom. The predicted molar refractivity (Wildman–Crippen MR) is 82.3 cm³/mol. The Morgan fingerprint density at radius 2 is 2.00 bits per heavy atom. The highest BCUT2D eigenvalue weighted by Gasteiger charge is 2.31. The van der Waals surface area contributed by atoms with E-state index in [9.17, 15) is 18.3 Å². The molecule has 0 radical (unpaired) electrons. The third-order valence-electron chi connectivity index (χ3n) is 2.68. The summed E-state index contributed by atoms with van der Waals surface area (Å²) in [6.45, 7) is 6.72. The number of rotatable bonds is 7. The van der Waals surface area contributed by atoms with E-state index in [1.807, 2.05) is 6.92 Å². The van der Waals surface area contributed by atoms with Gasteiger partial charge < -0.3 is 20.5 Å². The Balaban J connectivity index is 2.65. The lowest BCUT2D eigenvalue weighted by molar-refractivity contribution is -0.274. The summed E-state index contributed by atoms with van der Waals surface area (Å²) < 4.78 is 40.0. The molecule has 128 valence electrons. The van der Waals surface area contributed by atoms with E-state index in [4.69, 9.17) is 0 Å². The molecule has 0 heterocycles. The van der Waals surface area contributed by atoms with Crippen LogP contribution in [0.3, 0.4) is 0 Å². The van der Waals surface area contributed by atoms with E-state index >= 15 is 0 Å². The second-order valence-corrected chi connectivity index (χ2v) is 4.52. The molecule has 0 spiro atoms. The van der Waals surface area contributed by atoms with Crippen LogP contribution in [0.4, 0.5) is 13.2 Å². The van der Waals surface area contributed by atoms with E-state index in [1.165, 1.54) is 12.1 Å². The molecule has 0 saturated carbocycles. The van der Waals surface area contributed by atoms with Gasteiger partial charge in [-0.2, -0.15) is 0 Å². The van der Waals surface area contributed by atoms with E-state index < -0.39 is 12.5 Å². The zero-order chi connectivity index (χ0) is 17.3. The summed E-state index contributed by atoms with van der Waals surface area (Å²) >= 11 is 0. The number of aliphatic hydroxyl groups excluding tert-OH is 1. The molecule has 1 rings (SSSR count). The first kappa shape index (κ1) is 18.8. The molecule has 0 amide bonds. The van der Waals surface area contributed by atoms with Crippen molar-refractivity contribution in [3.8, 4) is 5.75 Å². The molecule has 0 aliphatic carbocycles. The lowest BCUT2D eigenvalue weighted by Crippen LogP contribution is -2.37. The van der Waals surface area contributed by atoms with Gasteiger partial charge in [-0.05, 0) is 24.6 Å². The number of nitrogens with one attached hydrogen (secondary N) is 2. The van der Waals surface area contributed by atoms with Crippen molar-refractivity contribution in [1.29, 1.82) is 0 Å². The molecular formula is C15H20F3N3O2. The molecule has 0 saturated heterocycles. The van der Waals surface area contributed by atoms with Crippen molar-refractivity contribution in [2.24, 2.45) is 4.99 Å². The van der Waals surface area contributed by atoms with Crippen molar-refractivity contribution >= 4 is 5.96 Å². The number of benzene rings is 1. The maximum Gasteiger partial charge on any atom is 0.573 e. The molecule has 1 unspecified atom stereocenters. The van der Waals surface area contributed by atoms with Gasteiger partial charge in [-0.25, -0.2) is 0 Å². The van der Waals surface area contributed by atoms with Gasteiger partial charge in [-0.3, -0.25) is 4.99 Å². The van der Waals surface area contributed by atoms with E-state index in [2.05, 4.69) is 26.9 Å². The van der Waals surface area contributed by atoms with Crippen molar-refractivity contribution < 1.29 is 23.0 Å². The molecule has 0 aliphatic heterocycles. The minimum Gasteiger partial charge on any atom is -0.406 e. The van der Waals surface area contributed by atoms with Crippen molar-refractivity contribution in [1.82, 2.24) is 10.6 Å². The number of hydrogen-bond acceptors (Lipinski definition) is 3. The molecule has 23 heavy (non-hydrogen) atoms. The molecule has 5 nitrogen and oxygen atoms in total. The summed E-state index contributed by atoms with van der Waals surface area (Å²) in [5.41, 5.74) is 0.447. The molecule has 3 N–H and O–H groups in total. The van der Waals surface area contributed by atoms with Crippen LogP contribution in [0.25, 0.3) is 0 Å². The van der Waals surface area contributed by atoms with Crippen LogP contribution in [-0.4, -0.2) is 37.1 Å². The zero-order valence-corrected chi connectivity index (χ0v) is 12.7. The zero-order valence-electron chi connectivity index (χ0n) is 12.7. The Bertz CT molecular complexity index is 516. The standard InChI is InChI=1S/C15H20F3N3O2/c1-3-9-20-14(19-4-2)21-10-13(22)11-5-7-12(8-6-11)23-15(16,17)18/h3,5-8,13,22H,1,4,9-10H2,2H3,(H2,19,20,21). The number of alkyl halides is 3. The summed E-state index contributed by atoms with van der Waals surface area (Å²) in [6, 6.07) is 5.03. The largest absolute Gasteiger partial charge is 0.573 e. The number of nitrogens with zero attached hydrogens (tertiary/aromatic N) is 1. The fraction of sp³-hybridized carbons (Fsp3) is 0.400. The quantitative estimate of drug-likeness (QED) is 0.408. The van der Waals surface area contributed by atoms with Crippen LogP contribution in [0.15, 0.2) is 41.9 Å². The summed E-state index contributed by atoms with van der Waals surface area (Å²) in [6.07, 6.45) is -4.00. The van der Waals surface area contributed by atoms with Crippen LogP contribution < -0.4 is 15.4 Å². The Kier molecular flexibility index (Phi) is 7.40. The lowest BCUT2D eigenvalue weighted by atomic mass is 10.1. The fourth-order valence-electron chi connectivity index (χ4n) is 1.69. The fourth-order valence-corrected chi connectivity index (χ4v) is 1.69. The lowest BCUT2D eigenvalue weighted by Gasteiger charge is -2.13. The summed E-state index contributed by atoms with van der Waals surface area (Å²) in [4.78, 5) is 4.19. The van der Waals surface area contributed by atoms with E-state index in [1.54, 1.807) is 6.08 Å². The van der Waals surface area contributed by atoms with Gasteiger partial charge in [0.25, 0.3) is 0 Å².